The molecule has 0 fully saturated rings. The van der Waals surface area contributed by atoms with Gasteiger partial charge in [0, 0.05) is 49.9 Å². The molecule has 2 aromatic heterocycles. The van der Waals surface area contributed by atoms with E-state index in [1.165, 1.54) is 0 Å². The van der Waals surface area contributed by atoms with Crippen LogP contribution >= 0.6 is 11.3 Å². The van der Waals surface area contributed by atoms with Gasteiger partial charge in [0.25, 0.3) is 0 Å². The van der Waals surface area contributed by atoms with E-state index in [0.717, 1.165) is 29.4 Å². The summed E-state index contributed by atoms with van der Waals surface area (Å²) in [6, 6.07) is 0. The predicted octanol–water partition coefficient (Wildman–Crippen LogP) is 0.758. The van der Waals surface area contributed by atoms with Crippen LogP contribution in [0, 0.1) is 6.92 Å². The van der Waals surface area contributed by atoms with Gasteiger partial charge in [-0.05, 0) is 13.3 Å². The van der Waals surface area contributed by atoms with Gasteiger partial charge >= 0.3 is 0 Å². The lowest BCUT2D eigenvalue weighted by atomic mass is 10.4. The van der Waals surface area contributed by atoms with E-state index in [1.54, 1.807) is 16.0 Å². The average molecular weight is 281 g/mol. The van der Waals surface area contributed by atoms with Crippen molar-refractivity contribution >= 4 is 11.3 Å². The second-order valence-electron chi connectivity index (χ2n) is 4.36. The molecule has 6 nitrogen and oxygen atoms in total. The molecule has 0 amide bonds. The molecular formula is C12H19N5OS. The summed E-state index contributed by atoms with van der Waals surface area (Å²) in [7, 11) is 0. The molecule has 0 spiro atoms. The van der Waals surface area contributed by atoms with E-state index >= 15 is 0 Å². The van der Waals surface area contributed by atoms with Crippen LogP contribution in [0.1, 0.15) is 22.8 Å². The van der Waals surface area contributed by atoms with Crippen molar-refractivity contribution in [3.63, 3.8) is 0 Å². The lowest BCUT2D eigenvalue weighted by molar-refractivity contribution is 0.276. The molecule has 2 rings (SSSR count). The molecule has 0 saturated carbocycles. The Morgan fingerprint density at radius 3 is 3.11 bits per heavy atom. The van der Waals surface area contributed by atoms with Crippen LogP contribution in [0.15, 0.2) is 11.6 Å². The first-order chi connectivity index (χ1) is 9.28. The summed E-state index contributed by atoms with van der Waals surface area (Å²) in [4.78, 5) is 4.42. The number of nitrogens with zero attached hydrogens (tertiary/aromatic N) is 4. The van der Waals surface area contributed by atoms with Gasteiger partial charge in [-0.2, -0.15) is 0 Å². The molecule has 0 aliphatic carbocycles. The van der Waals surface area contributed by atoms with Crippen LogP contribution in [0.2, 0.25) is 0 Å². The van der Waals surface area contributed by atoms with E-state index < -0.39 is 0 Å². The summed E-state index contributed by atoms with van der Waals surface area (Å²) >= 11 is 1.70. The zero-order valence-electron chi connectivity index (χ0n) is 11.0. The lowest BCUT2D eigenvalue weighted by Gasteiger charge is -1.99. The average Bonchev–Trinajstić information content (AvgIpc) is 3.01. The van der Waals surface area contributed by atoms with Gasteiger partial charge in [0.15, 0.2) is 0 Å². The van der Waals surface area contributed by atoms with Crippen molar-refractivity contribution in [2.75, 3.05) is 13.2 Å². The minimum absolute atomic E-state index is 0.181. The monoisotopic (exact) mass is 281 g/mol. The van der Waals surface area contributed by atoms with Gasteiger partial charge < -0.3 is 10.4 Å². The summed E-state index contributed by atoms with van der Waals surface area (Å²) in [5.74, 6) is 0. The van der Waals surface area contributed by atoms with Crippen molar-refractivity contribution in [3.8, 4) is 0 Å². The number of hydrogen-bond acceptors (Lipinski definition) is 6. The maximum Gasteiger partial charge on any atom is 0.0964 e. The molecule has 0 saturated heterocycles. The Hall–Kier alpha value is -1.31. The van der Waals surface area contributed by atoms with Crippen molar-refractivity contribution < 1.29 is 5.11 Å². The normalized spacial score (nSPS) is 11.1. The molecule has 0 unspecified atom stereocenters. The van der Waals surface area contributed by atoms with E-state index in [0.29, 0.717) is 19.5 Å². The molecule has 0 aliphatic heterocycles. The Balaban J connectivity index is 1.66. The number of rotatable bonds is 8. The lowest BCUT2D eigenvalue weighted by Crippen LogP contribution is -2.16. The SMILES string of the molecule is Cc1csc(CCNCc2cn(CCCO)nn2)n1. The van der Waals surface area contributed by atoms with Gasteiger partial charge in [-0.1, -0.05) is 5.21 Å². The molecule has 0 atom stereocenters. The zero-order chi connectivity index (χ0) is 13.5. The molecule has 2 N–H and O–H groups in total. The topological polar surface area (TPSA) is 75.9 Å². The number of thiazole rings is 1. The van der Waals surface area contributed by atoms with Gasteiger partial charge in [0.05, 0.1) is 10.7 Å². The van der Waals surface area contributed by atoms with E-state index in [2.05, 4.69) is 26.0 Å². The maximum absolute atomic E-state index is 8.74. The smallest absolute Gasteiger partial charge is 0.0964 e. The molecular weight excluding hydrogens is 262 g/mol. The van der Waals surface area contributed by atoms with Crippen LogP contribution in [0.25, 0.3) is 0 Å². The summed E-state index contributed by atoms with van der Waals surface area (Å²) in [6.07, 6.45) is 3.56. The van der Waals surface area contributed by atoms with E-state index in [4.69, 9.17) is 5.11 Å². The summed E-state index contributed by atoms with van der Waals surface area (Å²) in [6.45, 7) is 4.50. The first-order valence-corrected chi connectivity index (χ1v) is 7.27. The highest BCUT2D eigenvalue weighted by molar-refractivity contribution is 7.09. The molecule has 0 bridgehead atoms. The van der Waals surface area contributed by atoms with E-state index in [-0.39, 0.29) is 6.61 Å². The van der Waals surface area contributed by atoms with Crippen molar-refractivity contribution in [1.29, 1.82) is 0 Å². The Morgan fingerprint density at radius 1 is 1.47 bits per heavy atom. The second kappa shape index (κ2) is 7.32. The fourth-order valence-electron chi connectivity index (χ4n) is 1.69. The highest BCUT2D eigenvalue weighted by Crippen LogP contribution is 2.08. The van der Waals surface area contributed by atoms with Crippen molar-refractivity contribution in [3.05, 3.63) is 28.0 Å². The first-order valence-electron chi connectivity index (χ1n) is 6.39. The number of nitrogens with one attached hydrogen (secondary N) is 1. The quantitative estimate of drug-likeness (QED) is 0.699. The van der Waals surface area contributed by atoms with Gasteiger partial charge in [0.1, 0.15) is 0 Å². The molecule has 0 aliphatic rings. The number of aromatic nitrogens is 4. The largest absolute Gasteiger partial charge is 0.396 e. The molecule has 104 valence electrons. The molecule has 2 heterocycles. The van der Waals surface area contributed by atoms with Crippen LogP contribution in [0.3, 0.4) is 0 Å². The summed E-state index contributed by atoms with van der Waals surface area (Å²) in [5, 5.41) is 23.4. The number of aliphatic hydroxyl groups excluding tert-OH is 1. The molecule has 19 heavy (non-hydrogen) atoms. The van der Waals surface area contributed by atoms with Crippen LogP contribution in [-0.4, -0.2) is 38.2 Å². The summed E-state index contributed by atoms with van der Waals surface area (Å²) < 4.78 is 1.76. The van der Waals surface area contributed by atoms with Crippen molar-refractivity contribution in [1.82, 2.24) is 25.3 Å². The Bertz CT molecular complexity index is 496. The predicted molar refractivity (Wildman–Crippen MR) is 74.0 cm³/mol. The Labute approximate surface area is 116 Å². The van der Waals surface area contributed by atoms with Gasteiger partial charge in [-0.3, -0.25) is 4.68 Å². The highest BCUT2D eigenvalue weighted by atomic mass is 32.1. The minimum Gasteiger partial charge on any atom is -0.396 e. The standard InChI is InChI=1S/C12H19N5OS/c1-10-9-19-12(14-10)3-4-13-7-11-8-17(16-15-11)5-2-6-18/h8-9,13,18H,2-7H2,1H3. The molecule has 0 aromatic carbocycles. The van der Waals surface area contributed by atoms with Crippen LogP contribution in [0.4, 0.5) is 0 Å². The van der Waals surface area contributed by atoms with Crippen molar-refractivity contribution in [2.45, 2.75) is 32.9 Å². The molecule has 0 radical (unpaired) electrons. The van der Waals surface area contributed by atoms with Gasteiger partial charge in [-0.25, -0.2) is 4.98 Å². The van der Waals surface area contributed by atoms with Crippen LogP contribution in [-0.2, 0) is 19.5 Å². The van der Waals surface area contributed by atoms with Gasteiger partial charge in [0.2, 0.25) is 0 Å². The third kappa shape index (κ3) is 4.70. The van der Waals surface area contributed by atoms with Crippen LogP contribution in [0.5, 0.6) is 0 Å². The summed E-state index contributed by atoms with van der Waals surface area (Å²) in [5.41, 5.74) is 2.01. The Morgan fingerprint density at radius 2 is 2.37 bits per heavy atom. The van der Waals surface area contributed by atoms with E-state index in [1.807, 2.05) is 13.1 Å². The van der Waals surface area contributed by atoms with Crippen molar-refractivity contribution in [2.24, 2.45) is 0 Å². The molecule has 7 heteroatoms. The maximum atomic E-state index is 8.74. The molecule has 2 aromatic rings. The fourth-order valence-corrected chi connectivity index (χ4v) is 2.47. The third-order valence-electron chi connectivity index (χ3n) is 2.62. The van der Waals surface area contributed by atoms with Crippen LogP contribution < -0.4 is 5.32 Å². The van der Waals surface area contributed by atoms with Gasteiger partial charge in [-0.15, -0.1) is 16.4 Å². The fraction of sp³-hybridized carbons (Fsp3) is 0.583. The second-order valence-corrected chi connectivity index (χ2v) is 5.30. The number of hydrogen-bond donors (Lipinski definition) is 2. The third-order valence-corrected chi connectivity index (χ3v) is 3.65. The minimum atomic E-state index is 0.181. The Kier molecular flexibility index (Phi) is 5.44. The highest BCUT2D eigenvalue weighted by Gasteiger charge is 2.01. The number of aliphatic hydroxyl groups is 1. The van der Waals surface area contributed by atoms with E-state index in [9.17, 15) is 0 Å². The first kappa shape index (κ1) is 14.1. The zero-order valence-corrected chi connectivity index (χ0v) is 11.9. The number of aryl methyl sites for hydroxylation is 2.